The second kappa shape index (κ2) is 31.0. The minimum Gasteiger partial charge on any atom is -0.382 e. The lowest BCUT2D eigenvalue weighted by atomic mass is 9.33. The van der Waals surface area contributed by atoms with Crippen LogP contribution in [0.15, 0.2) is 118 Å². The van der Waals surface area contributed by atoms with Crippen molar-refractivity contribution < 1.29 is 51.3 Å². The lowest BCUT2D eigenvalue weighted by Crippen LogP contribution is -2.61. The van der Waals surface area contributed by atoms with E-state index in [0.29, 0.717) is 86.8 Å². The van der Waals surface area contributed by atoms with E-state index < -0.39 is 45.6 Å². The molecule has 0 radical (unpaired) electrons. The van der Waals surface area contributed by atoms with Crippen molar-refractivity contribution >= 4 is 68.4 Å². The van der Waals surface area contributed by atoms with E-state index in [1.807, 2.05) is 59.8 Å². The lowest BCUT2D eigenvalue weighted by Gasteiger charge is -2.72. The number of benzene rings is 4. The highest BCUT2D eigenvalue weighted by Crippen LogP contribution is 2.77. The maximum Gasteiger partial charge on any atom is 0.264 e. The molecule has 4 N–H and O–H groups in total. The Morgan fingerprint density at radius 2 is 1.52 bits per heavy atom. The summed E-state index contributed by atoms with van der Waals surface area (Å²) in [6, 6.07) is 26.7. The Morgan fingerprint density at radius 1 is 0.773 bits per heavy atom. The number of imide groups is 2. The molecule has 5 aromatic rings. The Balaban J connectivity index is 0.513. The largest absolute Gasteiger partial charge is 0.382 e. The molecule has 97 heavy (non-hydrogen) atoms. The Labute approximate surface area is 574 Å². The van der Waals surface area contributed by atoms with E-state index in [-0.39, 0.29) is 41.0 Å². The number of piperidine rings is 2. The number of ether oxygens (including phenoxy) is 4. The predicted molar refractivity (Wildman–Crippen MR) is 372 cm³/mol. The summed E-state index contributed by atoms with van der Waals surface area (Å²) in [5.74, 6) is -2.03. The first-order valence-corrected chi connectivity index (χ1v) is 37.2. The molecule has 0 spiro atoms. The second-order valence-corrected chi connectivity index (χ2v) is 31.4. The molecule has 5 amide bonds. The third-order valence-electron chi connectivity index (χ3n) is 20.5. The third kappa shape index (κ3) is 17.3. The van der Waals surface area contributed by atoms with E-state index in [2.05, 4.69) is 78.6 Å². The standard InChI is InChI=1S/C73H95N11O11S2/c1-51-42-59(97(90,91)78-67(86)52-14-16-56(17-15-52)82-34-32-81(33-35-82)44-53-22-26-71(2,3)43-61(53)73-48-72(4,49-73)50-73)18-19-62(51)75-54(47-96-58-10-6-5-7-11-58)23-29-80-30-24-57(25-31-80)95-36-9-28-83-45-55(77-79-83)46-94-41-40-93-39-38-92-37-27-74-63-13-8-12-60-66(63)70(89)84(69(60)88)64-20-21-65(85)76-68(64)87/h5-8,10-19,42,45,54,57,64,74-75H,9,20-41,43-44,46-50H2,1-4H3,(H,78,86)(H,76,85,87)/t54-,64?,72?,73?/m1/s1. The topological polar surface area (TPSA) is 248 Å². The molecule has 24 heteroatoms. The fourth-order valence-electron chi connectivity index (χ4n) is 15.4. The van der Waals surface area contributed by atoms with Gasteiger partial charge in [0.1, 0.15) is 11.7 Å². The van der Waals surface area contributed by atoms with Gasteiger partial charge in [-0.3, -0.25) is 43.8 Å². The van der Waals surface area contributed by atoms with Gasteiger partial charge in [0.2, 0.25) is 11.8 Å². The molecule has 6 fully saturated rings. The zero-order valence-electron chi connectivity index (χ0n) is 56.6. The zero-order chi connectivity index (χ0) is 67.7. The van der Waals surface area contributed by atoms with Crippen LogP contribution in [0.25, 0.3) is 0 Å². The van der Waals surface area contributed by atoms with Gasteiger partial charge < -0.3 is 39.4 Å². The molecule has 1 unspecified atom stereocenters. The van der Waals surface area contributed by atoms with Crippen molar-refractivity contribution in [2.24, 2.45) is 16.2 Å². The molecule has 4 aromatic carbocycles. The van der Waals surface area contributed by atoms with Crippen molar-refractivity contribution in [3.63, 3.8) is 0 Å². The first-order chi connectivity index (χ1) is 46.8. The van der Waals surface area contributed by atoms with Crippen LogP contribution in [0, 0.1) is 23.2 Å². The van der Waals surface area contributed by atoms with Crippen molar-refractivity contribution in [1.82, 2.24) is 39.7 Å². The number of piperazine rings is 1. The molecule has 22 nitrogen and oxygen atoms in total. The molecule has 3 saturated carbocycles. The van der Waals surface area contributed by atoms with Crippen molar-refractivity contribution in [1.29, 1.82) is 0 Å². The summed E-state index contributed by atoms with van der Waals surface area (Å²) in [6.45, 7) is 20.7. The average Bonchev–Trinajstić information content (AvgIpc) is 1.03. The maximum absolute atomic E-state index is 13.8. The van der Waals surface area contributed by atoms with E-state index >= 15 is 0 Å². The van der Waals surface area contributed by atoms with Gasteiger partial charge in [-0.05, 0) is 166 Å². The molecular weight excluding hydrogens is 1270 g/mol. The van der Waals surface area contributed by atoms with Crippen LogP contribution in [0.3, 0.4) is 0 Å². The number of anilines is 3. The highest BCUT2D eigenvalue weighted by atomic mass is 32.2. The van der Waals surface area contributed by atoms with Crippen LogP contribution in [0.5, 0.6) is 0 Å². The van der Waals surface area contributed by atoms with Gasteiger partial charge in [0.25, 0.3) is 27.7 Å². The highest BCUT2D eigenvalue weighted by Gasteiger charge is 2.67. The van der Waals surface area contributed by atoms with Crippen LogP contribution in [0.4, 0.5) is 17.1 Å². The first-order valence-electron chi connectivity index (χ1n) is 34.7. The zero-order valence-corrected chi connectivity index (χ0v) is 58.3. The van der Waals surface area contributed by atoms with E-state index in [1.165, 1.54) is 43.4 Å². The number of hydrogen-bond donors (Lipinski definition) is 4. The van der Waals surface area contributed by atoms with Crippen molar-refractivity contribution in [2.45, 2.75) is 146 Å². The number of nitrogens with one attached hydrogen (secondary N) is 4. The van der Waals surface area contributed by atoms with Crippen LogP contribution >= 0.6 is 11.8 Å². The molecule has 1 aromatic heterocycles. The van der Waals surface area contributed by atoms with Gasteiger partial charge in [-0.15, -0.1) is 16.9 Å². The number of allylic oxidation sites excluding steroid dienone is 1. The number of carbonyl (C=O) groups is 5. The summed E-state index contributed by atoms with van der Waals surface area (Å²) in [7, 11) is -4.16. The molecule has 13 rings (SSSR count). The smallest absolute Gasteiger partial charge is 0.264 e. The maximum atomic E-state index is 13.8. The van der Waals surface area contributed by atoms with Crippen LogP contribution in [-0.2, 0) is 51.7 Å². The fraction of sp³-hybridized carbons (Fsp3) is 0.548. The number of carbonyl (C=O) groups excluding carboxylic acids is 5. The van der Waals surface area contributed by atoms with Crippen LogP contribution in [0.1, 0.15) is 140 Å². The van der Waals surface area contributed by atoms with Gasteiger partial charge >= 0.3 is 0 Å². The minimum atomic E-state index is -4.16. The summed E-state index contributed by atoms with van der Waals surface area (Å²) in [4.78, 5) is 73.7. The number of nitrogens with zero attached hydrogens (tertiary/aromatic N) is 7. The van der Waals surface area contributed by atoms with Gasteiger partial charge in [-0.2, -0.15) is 0 Å². The number of hydrogen-bond acceptors (Lipinski definition) is 19. The molecule has 520 valence electrons. The van der Waals surface area contributed by atoms with Crippen molar-refractivity contribution in [2.75, 3.05) is 120 Å². The summed E-state index contributed by atoms with van der Waals surface area (Å²) in [6.07, 6.45) is 13.7. The van der Waals surface area contributed by atoms with Gasteiger partial charge in [0.15, 0.2) is 0 Å². The SMILES string of the molecule is Cc1cc(S(=O)(=O)NC(=O)c2ccc(N3CCN(CC4=C(C56CC(C)(C5)C6)CC(C)(C)CC4)CC3)cc2)ccc1N[C@H](CCN1CCC(OCCCn2cc(COCCOCCOCCNc3cccc4c3C(=O)N(C3CCC(=O)NC3=O)C4=O)nn2)CC1)CSc1ccccc1. The predicted octanol–water partition coefficient (Wildman–Crippen LogP) is 9.12. The monoisotopic (exact) mass is 1370 g/mol. The summed E-state index contributed by atoms with van der Waals surface area (Å²) >= 11 is 1.80. The van der Waals surface area contributed by atoms with Crippen LogP contribution in [0.2, 0.25) is 0 Å². The quantitative estimate of drug-likeness (QED) is 0.0132. The van der Waals surface area contributed by atoms with E-state index in [9.17, 15) is 32.4 Å². The molecule has 5 heterocycles. The molecule has 2 atom stereocenters. The highest BCUT2D eigenvalue weighted by molar-refractivity contribution is 7.99. The van der Waals surface area contributed by atoms with Gasteiger partial charge in [-0.25, -0.2) is 13.1 Å². The number of aromatic nitrogens is 3. The van der Waals surface area contributed by atoms with Crippen LogP contribution < -0.4 is 25.6 Å². The van der Waals surface area contributed by atoms with E-state index in [4.69, 9.17) is 18.9 Å². The summed E-state index contributed by atoms with van der Waals surface area (Å²) < 4.78 is 55.1. The summed E-state index contributed by atoms with van der Waals surface area (Å²) in [5, 5.41) is 17.7. The van der Waals surface area contributed by atoms with E-state index in [0.717, 1.165) is 111 Å². The average molecular weight is 1370 g/mol. The van der Waals surface area contributed by atoms with Crippen molar-refractivity contribution in [3.8, 4) is 0 Å². The number of fused-ring (bicyclic) bond motifs is 1. The Morgan fingerprint density at radius 3 is 2.25 bits per heavy atom. The van der Waals surface area contributed by atoms with E-state index in [1.54, 1.807) is 59.8 Å². The Hall–Kier alpha value is -7.03. The van der Waals surface area contributed by atoms with Crippen molar-refractivity contribution in [3.05, 3.63) is 136 Å². The number of rotatable bonds is 33. The van der Waals surface area contributed by atoms with Gasteiger partial charge in [0, 0.05) is 118 Å². The Bertz CT molecular complexity index is 3750. The first kappa shape index (κ1) is 69.9. The van der Waals surface area contributed by atoms with Gasteiger partial charge in [-0.1, -0.05) is 61.4 Å². The number of amides is 5. The molecule has 4 aliphatic heterocycles. The van der Waals surface area contributed by atoms with Gasteiger partial charge in [0.05, 0.1) is 68.0 Å². The molecule has 8 aliphatic rings. The molecule has 4 aliphatic carbocycles. The second-order valence-electron chi connectivity index (χ2n) is 28.6. The van der Waals surface area contributed by atoms with Crippen LogP contribution in [-0.4, -0.2) is 190 Å². The Kier molecular flexibility index (Phi) is 22.3. The number of aryl methyl sites for hydroxylation is 2. The molecule has 3 saturated heterocycles. The minimum absolute atomic E-state index is 0.0397. The number of sulfonamides is 1. The summed E-state index contributed by atoms with van der Waals surface area (Å²) in [5.41, 5.74) is 9.60. The normalized spacial score (nSPS) is 22.5. The molecule has 2 bridgehead atoms. The fourth-order valence-corrected chi connectivity index (χ4v) is 17.5. The number of thioether (sulfide) groups is 1. The number of likely N-dealkylation sites (tertiary alicyclic amines) is 1. The lowest BCUT2D eigenvalue weighted by molar-refractivity contribution is -0.167. The third-order valence-corrected chi connectivity index (χ3v) is 23.0. The molecular formula is C73H95N11O11S2.